The fourth-order valence-corrected chi connectivity index (χ4v) is 2.27. The number of nitrogens with one attached hydrogen (secondary N) is 2. The van der Waals surface area contributed by atoms with E-state index in [4.69, 9.17) is 4.74 Å². The van der Waals surface area contributed by atoms with Crippen molar-refractivity contribution in [3.05, 3.63) is 24.0 Å². The molecule has 0 aromatic carbocycles. The Kier molecular flexibility index (Phi) is 5.95. The van der Waals surface area contributed by atoms with Gasteiger partial charge in [0.2, 0.25) is 0 Å². The molecule has 2 N–H and O–H groups in total. The minimum Gasteiger partial charge on any atom is -0.383 e. The molecule has 2 heterocycles. The van der Waals surface area contributed by atoms with E-state index in [9.17, 15) is 4.79 Å². The Labute approximate surface area is 125 Å². The molecule has 0 aliphatic carbocycles. The van der Waals surface area contributed by atoms with Crippen LogP contribution in [-0.2, 0) is 4.74 Å². The summed E-state index contributed by atoms with van der Waals surface area (Å²) in [6.07, 6.45) is 4.18. The summed E-state index contributed by atoms with van der Waals surface area (Å²) in [5.74, 6) is -0.0930. The molecule has 0 unspecified atom stereocenters. The fraction of sp³-hybridized carbons (Fsp3) is 0.600. The molecule has 0 saturated carbocycles. The van der Waals surface area contributed by atoms with Crippen LogP contribution >= 0.6 is 0 Å². The number of piperidine rings is 1. The molecule has 0 bridgehead atoms. The van der Waals surface area contributed by atoms with Gasteiger partial charge in [0.15, 0.2) is 0 Å². The van der Waals surface area contributed by atoms with Crippen LogP contribution in [-0.4, -0.2) is 62.2 Å². The molecule has 1 saturated heterocycles. The highest BCUT2D eigenvalue weighted by atomic mass is 16.5. The van der Waals surface area contributed by atoms with Crippen molar-refractivity contribution < 1.29 is 9.53 Å². The zero-order valence-corrected chi connectivity index (χ0v) is 12.8. The zero-order chi connectivity index (χ0) is 15.1. The molecule has 1 fully saturated rings. The lowest BCUT2D eigenvalue weighted by molar-refractivity contribution is 0.0394. The Morgan fingerprint density at radius 2 is 2.24 bits per heavy atom. The van der Waals surface area contributed by atoms with Gasteiger partial charge in [-0.05, 0) is 38.1 Å². The summed E-state index contributed by atoms with van der Waals surface area (Å²) >= 11 is 0. The molecule has 21 heavy (non-hydrogen) atoms. The number of pyridine rings is 1. The van der Waals surface area contributed by atoms with Crippen LogP contribution in [0.3, 0.4) is 0 Å². The van der Waals surface area contributed by atoms with Gasteiger partial charge in [-0.1, -0.05) is 0 Å². The lowest BCUT2D eigenvalue weighted by Gasteiger charge is -2.23. The maximum absolute atomic E-state index is 11.8. The van der Waals surface area contributed by atoms with E-state index in [2.05, 4.69) is 15.6 Å². The lowest BCUT2D eigenvalue weighted by Crippen LogP contribution is -2.33. The number of aromatic nitrogens is 1. The van der Waals surface area contributed by atoms with Gasteiger partial charge in [0, 0.05) is 32.5 Å². The van der Waals surface area contributed by atoms with E-state index in [-0.39, 0.29) is 5.91 Å². The predicted octanol–water partition coefficient (Wildman–Crippen LogP) is 0.964. The third-order valence-corrected chi connectivity index (χ3v) is 3.46. The maximum atomic E-state index is 11.8. The van der Waals surface area contributed by atoms with Crippen molar-refractivity contribution in [2.75, 3.05) is 45.7 Å². The van der Waals surface area contributed by atoms with Gasteiger partial charge in [0.05, 0.1) is 12.7 Å². The van der Waals surface area contributed by atoms with Gasteiger partial charge in [0.25, 0.3) is 5.91 Å². The third kappa shape index (κ3) is 4.99. The van der Waals surface area contributed by atoms with Crippen LogP contribution < -0.4 is 10.6 Å². The summed E-state index contributed by atoms with van der Waals surface area (Å²) in [5.41, 5.74) is 1.34. The van der Waals surface area contributed by atoms with E-state index < -0.39 is 0 Å². The number of rotatable bonds is 6. The summed E-state index contributed by atoms with van der Waals surface area (Å²) in [4.78, 5) is 17.5. The molecule has 0 atom stereocenters. The largest absolute Gasteiger partial charge is 0.383 e. The molecular weight excluding hydrogens is 268 g/mol. The number of hydrogen-bond donors (Lipinski definition) is 2. The molecule has 6 nitrogen and oxygen atoms in total. The Bertz CT molecular complexity index is 459. The van der Waals surface area contributed by atoms with Crippen molar-refractivity contribution in [3.8, 4) is 0 Å². The number of amides is 1. The molecule has 1 aromatic rings. The Hall–Kier alpha value is -1.66. The van der Waals surface area contributed by atoms with Crippen LogP contribution in [0.5, 0.6) is 0 Å². The average Bonchev–Trinajstić information content (AvgIpc) is 2.52. The zero-order valence-electron chi connectivity index (χ0n) is 12.8. The van der Waals surface area contributed by atoms with Crippen LogP contribution in [0, 0.1) is 0 Å². The second kappa shape index (κ2) is 7.95. The van der Waals surface area contributed by atoms with Crippen LogP contribution in [0.4, 0.5) is 5.69 Å². The van der Waals surface area contributed by atoms with Crippen LogP contribution in [0.25, 0.3) is 0 Å². The fourth-order valence-electron chi connectivity index (χ4n) is 2.27. The normalized spacial score (nSPS) is 15.7. The van der Waals surface area contributed by atoms with Crippen LogP contribution in [0.1, 0.15) is 23.3 Å². The number of ether oxygens (including phenoxy) is 1. The highest BCUT2D eigenvalue weighted by molar-refractivity contribution is 5.92. The Morgan fingerprint density at radius 3 is 2.95 bits per heavy atom. The molecule has 0 spiro atoms. The summed E-state index contributed by atoms with van der Waals surface area (Å²) in [6, 6.07) is 3.63. The molecule has 1 aliphatic rings. The number of hydrogen-bond acceptors (Lipinski definition) is 5. The second-order valence-electron chi connectivity index (χ2n) is 5.38. The van der Waals surface area contributed by atoms with Crippen molar-refractivity contribution in [3.63, 3.8) is 0 Å². The van der Waals surface area contributed by atoms with Gasteiger partial charge in [-0.15, -0.1) is 0 Å². The second-order valence-corrected chi connectivity index (χ2v) is 5.38. The first kappa shape index (κ1) is 15.7. The Balaban J connectivity index is 1.75. The van der Waals surface area contributed by atoms with E-state index >= 15 is 0 Å². The standard InChI is InChI=1S/C15H24N4O2/c1-19(2)15(20)14-11-12(3-8-18-14)17-9-10-21-13-4-6-16-7-5-13/h3,8,11,13,16H,4-7,9-10H2,1-2H3,(H,17,18). The van der Waals surface area contributed by atoms with E-state index in [1.165, 1.54) is 4.90 Å². The number of nitrogens with zero attached hydrogens (tertiary/aromatic N) is 2. The monoisotopic (exact) mass is 292 g/mol. The van der Waals surface area contributed by atoms with E-state index in [1.54, 1.807) is 26.4 Å². The van der Waals surface area contributed by atoms with Crippen LogP contribution in [0.15, 0.2) is 18.3 Å². The molecule has 2 rings (SSSR count). The summed E-state index contributed by atoms with van der Waals surface area (Å²) in [7, 11) is 3.44. The van der Waals surface area contributed by atoms with Crippen molar-refractivity contribution >= 4 is 11.6 Å². The molecule has 6 heteroatoms. The van der Waals surface area contributed by atoms with Gasteiger partial charge in [-0.25, -0.2) is 0 Å². The predicted molar refractivity (Wildman–Crippen MR) is 82.6 cm³/mol. The van der Waals surface area contributed by atoms with Gasteiger partial charge < -0.3 is 20.3 Å². The quantitative estimate of drug-likeness (QED) is 0.765. The minimum atomic E-state index is -0.0930. The summed E-state index contributed by atoms with van der Waals surface area (Å²) in [5, 5.41) is 6.59. The maximum Gasteiger partial charge on any atom is 0.272 e. The molecular formula is C15H24N4O2. The SMILES string of the molecule is CN(C)C(=O)c1cc(NCCOC2CCNCC2)ccn1. The molecule has 116 valence electrons. The van der Waals surface area contributed by atoms with Gasteiger partial charge in [-0.3, -0.25) is 9.78 Å². The highest BCUT2D eigenvalue weighted by Gasteiger charge is 2.13. The molecule has 1 amide bonds. The number of carbonyl (C=O) groups excluding carboxylic acids is 1. The first-order chi connectivity index (χ1) is 10.2. The molecule has 1 aromatic heterocycles. The highest BCUT2D eigenvalue weighted by Crippen LogP contribution is 2.10. The number of carbonyl (C=O) groups is 1. The minimum absolute atomic E-state index is 0.0930. The average molecular weight is 292 g/mol. The first-order valence-electron chi connectivity index (χ1n) is 7.40. The third-order valence-electron chi connectivity index (χ3n) is 3.46. The van der Waals surface area contributed by atoms with E-state index in [0.29, 0.717) is 18.4 Å². The van der Waals surface area contributed by atoms with Crippen LogP contribution in [0.2, 0.25) is 0 Å². The van der Waals surface area contributed by atoms with Gasteiger partial charge >= 0.3 is 0 Å². The van der Waals surface area contributed by atoms with Crippen molar-refractivity contribution in [2.45, 2.75) is 18.9 Å². The molecule has 0 radical (unpaired) electrons. The van der Waals surface area contributed by atoms with E-state index in [0.717, 1.165) is 38.2 Å². The first-order valence-corrected chi connectivity index (χ1v) is 7.40. The smallest absolute Gasteiger partial charge is 0.272 e. The van der Waals surface area contributed by atoms with Crippen molar-refractivity contribution in [1.82, 2.24) is 15.2 Å². The van der Waals surface area contributed by atoms with Gasteiger partial charge in [0.1, 0.15) is 5.69 Å². The topological polar surface area (TPSA) is 66.5 Å². The Morgan fingerprint density at radius 1 is 1.48 bits per heavy atom. The number of anilines is 1. The molecule has 1 aliphatic heterocycles. The summed E-state index contributed by atoms with van der Waals surface area (Å²) < 4.78 is 5.83. The lowest BCUT2D eigenvalue weighted by atomic mass is 10.1. The summed E-state index contributed by atoms with van der Waals surface area (Å²) in [6.45, 7) is 3.48. The van der Waals surface area contributed by atoms with E-state index in [1.807, 2.05) is 6.07 Å². The van der Waals surface area contributed by atoms with Crippen molar-refractivity contribution in [1.29, 1.82) is 0 Å². The van der Waals surface area contributed by atoms with Gasteiger partial charge in [-0.2, -0.15) is 0 Å². The van der Waals surface area contributed by atoms with Crippen molar-refractivity contribution in [2.24, 2.45) is 0 Å².